The zero-order valence-electron chi connectivity index (χ0n) is 56.3. The molecule has 9 aromatic carbocycles. The van der Waals surface area contributed by atoms with E-state index in [0.29, 0.717) is 23.0 Å². The molecule has 0 saturated carbocycles. The summed E-state index contributed by atoms with van der Waals surface area (Å²) < 4.78 is 74.4. The molecule has 11 aromatic rings. The van der Waals surface area contributed by atoms with Gasteiger partial charge in [0, 0.05) is 111 Å². The Morgan fingerprint density at radius 1 is 0.350 bits per heavy atom. The minimum absolute atomic E-state index is 0.0205. The van der Waals surface area contributed by atoms with E-state index in [1.807, 2.05) is 76.2 Å². The molecule has 0 spiro atoms. The highest BCUT2D eigenvalue weighted by molar-refractivity contribution is 6.61. The van der Waals surface area contributed by atoms with Crippen LogP contribution in [0.1, 0.15) is 86.9 Å². The summed E-state index contributed by atoms with van der Waals surface area (Å²) in [5.41, 5.74) is 3.67. The Morgan fingerprint density at radius 3 is 0.820 bits per heavy atom. The third-order valence-corrected chi connectivity index (χ3v) is 23.5. The fourth-order valence-electron chi connectivity index (χ4n) is 13.0. The number of fused-ring (bicyclic) bond motifs is 2. The molecule has 2 aliphatic heterocycles. The van der Waals surface area contributed by atoms with Gasteiger partial charge in [0.2, 0.25) is 0 Å². The molecule has 0 fully saturated rings. The summed E-state index contributed by atoms with van der Waals surface area (Å²) in [4.78, 5) is 106. The summed E-state index contributed by atoms with van der Waals surface area (Å²) in [5, 5.41) is 1.59. The number of aryl methyl sites for hydroxylation is 4. The summed E-state index contributed by atoms with van der Waals surface area (Å²) in [6, 6.07) is 37.6. The third-order valence-electron chi connectivity index (χ3n) is 18.1. The zero-order valence-corrected chi connectivity index (χ0v) is 58.3. The standard InChI is InChI=1S/C76H68N4O18Si2/c1-43-11-19-49(20-12-43)95-57-39-53-61-54(72(82)79(71(53)81)69(47-27-31-77-32-28-47)75(85)93-35-37-99(87-5,88-6)89-7)41-59(97-51-23-15-45(3)16-24-51)65-66-60(98-52-25-17-46(4)18-26-52)42-56-62-55(40-58(64(68(62)66)63(57)67(61)65)96-50-21-13-44(2)14-22-50)73(83)80(74(56)84)70(48-29-33-78-34-30-48)76(86)94-36-38-100(90-8,91-9)92-10/h11-34,39-42,69-70H,35-38H2,1-10H3. The van der Waals surface area contributed by atoms with Gasteiger partial charge in [-0.15, -0.1) is 0 Å². The largest absolute Gasteiger partial charge is 0.503 e. The smallest absolute Gasteiger partial charge is 0.464 e. The molecule has 4 heterocycles. The fourth-order valence-corrected chi connectivity index (χ4v) is 15.9. The monoisotopic (exact) mass is 1380 g/mol. The molecule has 508 valence electrons. The van der Waals surface area contributed by atoms with Crippen molar-refractivity contribution in [3.8, 4) is 46.0 Å². The van der Waals surface area contributed by atoms with Gasteiger partial charge in [0.05, 0.1) is 47.6 Å². The van der Waals surface area contributed by atoms with Crippen LogP contribution in [0.5, 0.6) is 46.0 Å². The number of hydrogen-bond donors (Lipinski definition) is 0. The van der Waals surface area contributed by atoms with Crippen LogP contribution in [-0.2, 0) is 45.6 Å². The number of esters is 2. The van der Waals surface area contributed by atoms with E-state index in [-0.39, 0.29) is 125 Å². The first-order chi connectivity index (χ1) is 48.4. The Labute approximate surface area is 576 Å². The lowest BCUT2D eigenvalue weighted by Crippen LogP contribution is -2.47. The maximum Gasteiger partial charge on any atom is 0.503 e. The lowest BCUT2D eigenvalue weighted by molar-refractivity contribution is -0.149. The van der Waals surface area contributed by atoms with Crippen LogP contribution in [0.3, 0.4) is 0 Å². The maximum atomic E-state index is 16.3. The van der Waals surface area contributed by atoms with Gasteiger partial charge in [0.1, 0.15) is 46.0 Å². The average molecular weight is 1380 g/mol. The van der Waals surface area contributed by atoms with Gasteiger partial charge in [-0.05, 0) is 136 Å². The van der Waals surface area contributed by atoms with E-state index in [4.69, 9.17) is 55.0 Å². The number of aromatic nitrogens is 2. The summed E-state index contributed by atoms with van der Waals surface area (Å²) in [6.45, 7) is 7.10. The molecule has 2 unspecified atom stereocenters. The van der Waals surface area contributed by atoms with Crippen LogP contribution in [0.25, 0.3) is 43.1 Å². The predicted octanol–water partition coefficient (Wildman–Crippen LogP) is 14.4. The van der Waals surface area contributed by atoms with Crippen molar-refractivity contribution in [2.24, 2.45) is 0 Å². The number of carbonyl (C=O) groups excluding carboxylic acids is 6. The Hall–Kier alpha value is -10.8. The van der Waals surface area contributed by atoms with E-state index in [1.54, 1.807) is 48.5 Å². The van der Waals surface area contributed by atoms with Crippen LogP contribution in [0.15, 0.2) is 170 Å². The second-order valence-electron chi connectivity index (χ2n) is 24.1. The number of ether oxygens (including phenoxy) is 6. The van der Waals surface area contributed by atoms with E-state index >= 15 is 28.8 Å². The first-order valence-corrected chi connectivity index (χ1v) is 35.8. The van der Waals surface area contributed by atoms with Crippen LogP contribution in [0.4, 0.5) is 0 Å². The third kappa shape index (κ3) is 12.3. The predicted molar refractivity (Wildman–Crippen MR) is 373 cm³/mol. The fraction of sp³-hybridized carbons (Fsp3) is 0.211. The van der Waals surface area contributed by atoms with Gasteiger partial charge in [-0.25, -0.2) is 9.59 Å². The molecule has 0 aliphatic carbocycles. The summed E-state index contributed by atoms with van der Waals surface area (Å²) >= 11 is 0. The van der Waals surface area contributed by atoms with E-state index < -0.39 is 65.3 Å². The zero-order chi connectivity index (χ0) is 70.3. The Morgan fingerprint density at radius 2 is 0.590 bits per heavy atom. The number of nitrogens with zero attached hydrogens (tertiary/aromatic N) is 4. The molecule has 24 heteroatoms. The molecule has 22 nitrogen and oxygen atoms in total. The van der Waals surface area contributed by atoms with E-state index in [2.05, 4.69) is 9.97 Å². The number of imide groups is 2. The minimum Gasteiger partial charge on any atom is -0.464 e. The van der Waals surface area contributed by atoms with Gasteiger partial charge in [0.25, 0.3) is 23.6 Å². The van der Waals surface area contributed by atoms with Crippen molar-refractivity contribution in [3.63, 3.8) is 0 Å². The molecule has 2 aromatic heterocycles. The van der Waals surface area contributed by atoms with Crippen LogP contribution < -0.4 is 18.9 Å². The first kappa shape index (κ1) is 67.7. The maximum absolute atomic E-state index is 16.3. The van der Waals surface area contributed by atoms with Gasteiger partial charge in [-0.2, -0.15) is 0 Å². The molecule has 13 rings (SSSR count). The molecule has 0 radical (unpaired) electrons. The second-order valence-corrected chi connectivity index (χ2v) is 30.3. The van der Waals surface area contributed by atoms with Crippen LogP contribution in [-0.4, -0.2) is 129 Å². The molecule has 100 heavy (non-hydrogen) atoms. The molecule has 0 bridgehead atoms. The number of rotatable bonds is 26. The molecular formula is C76H68N4O18Si2. The molecule has 0 N–H and O–H groups in total. The number of benzene rings is 9. The number of hydrogen-bond acceptors (Lipinski definition) is 20. The molecule has 2 atom stereocenters. The Bertz CT molecular complexity index is 4450. The first-order valence-electron chi connectivity index (χ1n) is 31.9. The number of amides is 4. The van der Waals surface area contributed by atoms with Crippen molar-refractivity contribution in [3.05, 3.63) is 226 Å². The lowest BCUT2D eigenvalue weighted by Gasteiger charge is -2.35. The quantitative estimate of drug-likeness (QED) is 0.0161. The Kier molecular flexibility index (Phi) is 18.9. The highest BCUT2D eigenvalue weighted by Crippen LogP contribution is 2.58. The minimum atomic E-state index is -3.33. The number of carbonyl (C=O) groups is 6. The van der Waals surface area contributed by atoms with Crippen molar-refractivity contribution in [2.75, 3.05) is 55.9 Å². The van der Waals surface area contributed by atoms with Crippen molar-refractivity contribution in [1.29, 1.82) is 0 Å². The van der Waals surface area contributed by atoms with Gasteiger partial charge in [-0.3, -0.25) is 38.9 Å². The Balaban J connectivity index is 1.15. The topological polar surface area (TPSA) is 245 Å². The summed E-state index contributed by atoms with van der Waals surface area (Å²) in [5.74, 6) is -4.25. The molecule has 4 amide bonds. The van der Waals surface area contributed by atoms with Crippen LogP contribution >= 0.6 is 0 Å². The van der Waals surface area contributed by atoms with Crippen LogP contribution in [0, 0.1) is 27.7 Å². The van der Waals surface area contributed by atoms with Crippen molar-refractivity contribution in [1.82, 2.24) is 19.8 Å². The molecule has 0 saturated heterocycles. The average Bonchev–Trinajstić information content (AvgIpc) is 0.671. The summed E-state index contributed by atoms with van der Waals surface area (Å²) in [6.07, 6.45) is 5.73. The van der Waals surface area contributed by atoms with Crippen molar-refractivity contribution in [2.45, 2.75) is 51.9 Å². The van der Waals surface area contributed by atoms with Crippen LogP contribution in [0.2, 0.25) is 12.1 Å². The van der Waals surface area contributed by atoms with E-state index in [1.165, 1.54) is 116 Å². The highest BCUT2D eigenvalue weighted by Gasteiger charge is 2.49. The van der Waals surface area contributed by atoms with Gasteiger partial charge in [0.15, 0.2) is 12.1 Å². The SMILES string of the molecule is CO[Si](CCOC(=O)C(c1ccncc1)N1C(=O)c2cc(Oc3ccc(C)cc3)c3c4c(Oc5ccc(C)cc5)cc5c6c(cc(Oc7ccc(C)cc7)c(c7c(Oc8ccc(C)cc8)cc(c2c37)C1=O)c64)C(=O)N(C(C(=O)OCC[Si](OC)(OC)OC)c1ccncc1)C5=O)(OC)OC. The normalized spacial score (nSPS) is 13.7. The molecule has 2 aliphatic rings. The van der Waals surface area contributed by atoms with E-state index in [9.17, 15) is 0 Å². The second kappa shape index (κ2) is 27.8. The van der Waals surface area contributed by atoms with Crippen molar-refractivity contribution < 1.29 is 83.7 Å². The van der Waals surface area contributed by atoms with E-state index in [0.717, 1.165) is 32.1 Å². The number of pyridine rings is 2. The van der Waals surface area contributed by atoms with Gasteiger partial charge >= 0.3 is 29.5 Å². The van der Waals surface area contributed by atoms with Gasteiger partial charge < -0.3 is 55.0 Å². The van der Waals surface area contributed by atoms with Crippen molar-refractivity contribution >= 4 is 96.3 Å². The molecular weight excluding hydrogens is 1310 g/mol. The summed E-state index contributed by atoms with van der Waals surface area (Å²) in [7, 11) is 1.90. The van der Waals surface area contributed by atoms with Gasteiger partial charge in [-0.1, -0.05) is 70.8 Å². The lowest BCUT2D eigenvalue weighted by atomic mass is 9.80. The highest BCUT2D eigenvalue weighted by atomic mass is 28.4.